The molecule has 1 spiro atoms. The van der Waals surface area contributed by atoms with Gasteiger partial charge in [-0.1, -0.05) is 43.2 Å². The number of anilines is 2. The molecule has 168 valence electrons. The number of carbonyl (C=O) groups excluding carboxylic acids is 3. The van der Waals surface area contributed by atoms with Crippen LogP contribution in [0.1, 0.15) is 36.8 Å². The summed E-state index contributed by atoms with van der Waals surface area (Å²) in [5, 5.41) is 2.86. The molecule has 2 aromatic rings. The molecule has 6 nitrogen and oxygen atoms in total. The lowest BCUT2D eigenvalue weighted by atomic mass is 9.90. The van der Waals surface area contributed by atoms with Gasteiger partial charge in [0.15, 0.2) is 6.61 Å². The molecule has 4 rings (SSSR count). The topological polar surface area (TPSA) is 75.7 Å². The number of rotatable bonds is 4. The van der Waals surface area contributed by atoms with Crippen LogP contribution in [-0.4, -0.2) is 29.9 Å². The Balaban J connectivity index is 1.48. The molecule has 0 atom stereocenters. The summed E-state index contributed by atoms with van der Waals surface area (Å²) >= 11 is 0. The van der Waals surface area contributed by atoms with E-state index in [-0.39, 0.29) is 11.5 Å². The zero-order valence-electron chi connectivity index (χ0n) is 17.1. The Morgan fingerprint density at radius 3 is 2.50 bits per heavy atom. The van der Waals surface area contributed by atoms with Crippen LogP contribution < -0.4 is 10.2 Å². The van der Waals surface area contributed by atoms with Crippen LogP contribution in [0.3, 0.4) is 0 Å². The molecule has 0 radical (unpaired) electrons. The Morgan fingerprint density at radius 1 is 1.06 bits per heavy atom. The van der Waals surface area contributed by atoms with Gasteiger partial charge in [0.1, 0.15) is 5.54 Å². The number of esters is 1. The minimum atomic E-state index is -4.52. The number of fused-ring (bicyclic) bond motifs is 1. The summed E-state index contributed by atoms with van der Waals surface area (Å²) in [4.78, 5) is 39.7. The summed E-state index contributed by atoms with van der Waals surface area (Å²) in [5.41, 5.74) is -0.726. The number of amides is 2. The highest BCUT2D eigenvalue weighted by Crippen LogP contribution is 2.45. The lowest BCUT2D eigenvalue weighted by molar-refractivity contribution is -0.147. The number of alkyl halides is 3. The van der Waals surface area contributed by atoms with E-state index in [1.54, 1.807) is 24.3 Å². The van der Waals surface area contributed by atoms with Gasteiger partial charge >= 0.3 is 12.1 Å². The minimum absolute atomic E-state index is 0.132. The smallest absolute Gasteiger partial charge is 0.416 e. The van der Waals surface area contributed by atoms with Crippen molar-refractivity contribution in [3.8, 4) is 0 Å². The molecular formula is C23H21F3N2O4. The monoisotopic (exact) mass is 446 g/mol. The lowest BCUT2D eigenvalue weighted by Gasteiger charge is -2.44. The van der Waals surface area contributed by atoms with Crippen LogP contribution in [0.15, 0.2) is 48.5 Å². The Kier molecular flexibility index (Phi) is 5.66. The van der Waals surface area contributed by atoms with E-state index < -0.39 is 42.2 Å². The molecule has 32 heavy (non-hydrogen) atoms. The van der Waals surface area contributed by atoms with E-state index in [9.17, 15) is 27.6 Å². The van der Waals surface area contributed by atoms with Gasteiger partial charge in [-0.3, -0.25) is 19.3 Å². The first-order chi connectivity index (χ1) is 15.2. The standard InChI is InChI=1S/C23H21F3N2O4/c24-23(25,26)16-7-5-6-15(12-16)13-20(30)32-14-19(29)28-18-9-2-1-8-17(18)27-21(31)22(28)10-3-4-11-22/h1-2,5-9,12H,3-4,10-11,13-14H2,(H,27,31). The maximum Gasteiger partial charge on any atom is 0.416 e. The van der Waals surface area contributed by atoms with Crippen molar-refractivity contribution in [2.45, 2.75) is 43.8 Å². The van der Waals surface area contributed by atoms with Crippen molar-refractivity contribution < 1.29 is 32.3 Å². The lowest BCUT2D eigenvalue weighted by Crippen LogP contribution is -2.61. The number of ether oxygens (including phenoxy) is 1. The Bertz CT molecular complexity index is 1060. The van der Waals surface area contributed by atoms with E-state index in [0.29, 0.717) is 24.2 Å². The Hall–Kier alpha value is -3.36. The summed E-state index contributed by atoms with van der Waals surface area (Å²) in [6.07, 6.45) is -2.36. The normalized spacial score (nSPS) is 17.1. The summed E-state index contributed by atoms with van der Waals surface area (Å²) in [6, 6.07) is 11.3. The number of nitrogens with zero attached hydrogens (tertiary/aromatic N) is 1. The van der Waals surface area contributed by atoms with Crippen molar-refractivity contribution in [2.75, 3.05) is 16.8 Å². The van der Waals surface area contributed by atoms with E-state index in [1.807, 2.05) is 0 Å². The average molecular weight is 446 g/mol. The second-order valence-electron chi connectivity index (χ2n) is 7.97. The number of hydrogen-bond donors (Lipinski definition) is 1. The van der Waals surface area contributed by atoms with Crippen LogP contribution in [0.25, 0.3) is 0 Å². The molecule has 2 amide bonds. The highest BCUT2D eigenvalue weighted by atomic mass is 19.4. The van der Waals surface area contributed by atoms with Gasteiger partial charge in [0, 0.05) is 0 Å². The number of benzene rings is 2. The highest BCUT2D eigenvalue weighted by Gasteiger charge is 2.52. The fourth-order valence-corrected chi connectivity index (χ4v) is 4.41. The molecule has 1 saturated carbocycles. The SMILES string of the molecule is O=C(Cc1cccc(C(F)(F)F)c1)OCC(=O)N1c2ccccc2NC(=O)C12CCCC2. The molecule has 2 aromatic carbocycles. The molecule has 1 heterocycles. The summed E-state index contributed by atoms with van der Waals surface area (Å²) in [6.45, 7) is -0.610. The fourth-order valence-electron chi connectivity index (χ4n) is 4.41. The summed E-state index contributed by atoms with van der Waals surface area (Å²) in [5.74, 6) is -1.64. The first-order valence-electron chi connectivity index (χ1n) is 10.3. The second-order valence-corrected chi connectivity index (χ2v) is 7.97. The van der Waals surface area contributed by atoms with E-state index >= 15 is 0 Å². The molecule has 0 unspecified atom stereocenters. The van der Waals surface area contributed by atoms with E-state index in [1.165, 1.54) is 17.0 Å². The van der Waals surface area contributed by atoms with Crippen molar-refractivity contribution in [1.29, 1.82) is 0 Å². The van der Waals surface area contributed by atoms with Crippen LogP contribution in [0.2, 0.25) is 0 Å². The first kappa shape index (κ1) is 21.9. The summed E-state index contributed by atoms with van der Waals surface area (Å²) < 4.78 is 43.7. The van der Waals surface area contributed by atoms with Crippen LogP contribution in [0.5, 0.6) is 0 Å². The van der Waals surface area contributed by atoms with Gasteiger partial charge in [0.25, 0.3) is 11.8 Å². The van der Waals surface area contributed by atoms with Gasteiger partial charge in [0.05, 0.1) is 23.4 Å². The van der Waals surface area contributed by atoms with Crippen LogP contribution in [0.4, 0.5) is 24.5 Å². The van der Waals surface area contributed by atoms with Crippen molar-refractivity contribution >= 4 is 29.2 Å². The molecule has 1 aliphatic carbocycles. The maximum atomic E-state index is 13.1. The summed E-state index contributed by atoms with van der Waals surface area (Å²) in [7, 11) is 0. The van der Waals surface area contributed by atoms with Gasteiger partial charge in [-0.2, -0.15) is 13.2 Å². The van der Waals surface area contributed by atoms with Gasteiger partial charge in [-0.05, 0) is 36.6 Å². The molecular weight excluding hydrogens is 425 g/mol. The third-order valence-electron chi connectivity index (χ3n) is 5.88. The molecule has 1 aliphatic heterocycles. The van der Waals surface area contributed by atoms with Crippen molar-refractivity contribution in [3.05, 3.63) is 59.7 Å². The molecule has 0 aromatic heterocycles. The number of carbonyl (C=O) groups is 3. The van der Waals surface area contributed by atoms with Gasteiger partial charge in [-0.15, -0.1) is 0 Å². The van der Waals surface area contributed by atoms with Crippen LogP contribution in [-0.2, 0) is 31.7 Å². The highest BCUT2D eigenvalue weighted by molar-refractivity contribution is 6.15. The molecule has 0 saturated heterocycles. The number of para-hydroxylation sites is 2. The van der Waals surface area contributed by atoms with E-state index in [2.05, 4.69) is 5.32 Å². The fraction of sp³-hybridized carbons (Fsp3) is 0.348. The van der Waals surface area contributed by atoms with Crippen molar-refractivity contribution in [2.24, 2.45) is 0 Å². The maximum absolute atomic E-state index is 13.1. The zero-order chi connectivity index (χ0) is 22.9. The van der Waals surface area contributed by atoms with Gasteiger partial charge in [-0.25, -0.2) is 0 Å². The Morgan fingerprint density at radius 2 is 1.78 bits per heavy atom. The molecule has 9 heteroatoms. The van der Waals surface area contributed by atoms with Crippen molar-refractivity contribution in [3.63, 3.8) is 0 Å². The quantitative estimate of drug-likeness (QED) is 0.718. The number of nitrogens with one attached hydrogen (secondary N) is 1. The van der Waals surface area contributed by atoms with E-state index in [4.69, 9.17) is 4.74 Å². The zero-order valence-corrected chi connectivity index (χ0v) is 17.1. The van der Waals surface area contributed by atoms with Gasteiger partial charge < -0.3 is 10.1 Å². The number of halogens is 3. The Labute approximate surface area is 182 Å². The third-order valence-corrected chi connectivity index (χ3v) is 5.88. The molecule has 0 bridgehead atoms. The van der Waals surface area contributed by atoms with Crippen molar-refractivity contribution in [1.82, 2.24) is 0 Å². The van der Waals surface area contributed by atoms with Crippen LogP contribution >= 0.6 is 0 Å². The third kappa shape index (κ3) is 4.06. The minimum Gasteiger partial charge on any atom is -0.455 e. The molecule has 1 N–H and O–H groups in total. The van der Waals surface area contributed by atoms with Gasteiger partial charge in [0.2, 0.25) is 0 Å². The van der Waals surface area contributed by atoms with Crippen LogP contribution in [0, 0.1) is 0 Å². The molecule has 1 fully saturated rings. The molecule has 2 aliphatic rings. The largest absolute Gasteiger partial charge is 0.455 e. The second kappa shape index (κ2) is 8.29. The average Bonchev–Trinajstić information content (AvgIpc) is 3.23. The predicted molar refractivity (Wildman–Crippen MR) is 110 cm³/mol. The van der Waals surface area contributed by atoms with E-state index in [0.717, 1.165) is 25.0 Å². The first-order valence-corrected chi connectivity index (χ1v) is 10.3. The number of hydrogen-bond acceptors (Lipinski definition) is 4. The predicted octanol–water partition coefficient (Wildman–Crippen LogP) is 4.09.